The molecule has 1 aromatic heterocycles. The van der Waals surface area contributed by atoms with Crippen molar-refractivity contribution < 1.29 is 4.42 Å². The third-order valence-corrected chi connectivity index (χ3v) is 2.03. The summed E-state index contributed by atoms with van der Waals surface area (Å²) in [7, 11) is 1.85. The zero-order valence-corrected chi connectivity index (χ0v) is 7.71. The molecule has 72 valence electrons. The van der Waals surface area contributed by atoms with Crippen LogP contribution in [0, 0.1) is 5.92 Å². The molecule has 0 atom stereocenters. The van der Waals surface area contributed by atoms with Gasteiger partial charge in [0.15, 0.2) is 0 Å². The van der Waals surface area contributed by atoms with E-state index in [2.05, 4.69) is 20.8 Å². The van der Waals surface area contributed by atoms with Crippen LogP contribution in [0.15, 0.2) is 4.42 Å². The summed E-state index contributed by atoms with van der Waals surface area (Å²) >= 11 is 0. The summed E-state index contributed by atoms with van der Waals surface area (Å²) in [6, 6.07) is 0.539. The van der Waals surface area contributed by atoms with Crippen LogP contribution in [0.4, 0.5) is 6.01 Å². The van der Waals surface area contributed by atoms with Crippen molar-refractivity contribution in [3.8, 4) is 0 Å². The SMILES string of the molecule is CNCc1nnc(NCC2CC2)o1. The lowest BCUT2D eigenvalue weighted by Crippen LogP contribution is -2.05. The number of nitrogens with one attached hydrogen (secondary N) is 2. The second-order valence-corrected chi connectivity index (χ2v) is 3.36. The molecule has 13 heavy (non-hydrogen) atoms. The average molecular weight is 182 g/mol. The van der Waals surface area contributed by atoms with Crippen molar-refractivity contribution in [2.45, 2.75) is 19.4 Å². The molecule has 0 aromatic carbocycles. The van der Waals surface area contributed by atoms with Crippen LogP contribution < -0.4 is 10.6 Å². The number of nitrogens with zero attached hydrogens (tertiary/aromatic N) is 2. The highest BCUT2D eigenvalue weighted by Gasteiger charge is 2.21. The highest BCUT2D eigenvalue weighted by Crippen LogP contribution is 2.28. The molecule has 1 saturated carbocycles. The molecule has 0 spiro atoms. The minimum atomic E-state index is 0.539. The van der Waals surface area contributed by atoms with Crippen LogP contribution >= 0.6 is 0 Å². The van der Waals surface area contributed by atoms with Gasteiger partial charge in [0.2, 0.25) is 5.89 Å². The Morgan fingerprint density at radius 3 is 3.00 bits per heavy atom. The van der Waals surface area contributed by atoms with Crippen LogP contribution in [0.3, 0.4) is 0 Å². The molecule has 0 unspecified atom stereocenters. The first-order valence-corrected chi connectivity index (χ1v) is 4.59. The molecular formula is C8H14N4O. The molecule has 1 aliphatic rings. The molecule has 0 saturated heterocycles. The van der Waals surface area contributed by atoms with Gasteiger partial charge >= 0.3 is 6.01 Å². The average Bonchev–Trinajstić information content (AvgIpc) is 2.85. The van der Waals surface area contributed by atoms with Gasteiger partial charge in [0, 0.05) is 6.54 Å². The summed E-state index contributed by atoms with van der Waals surface area (Å²) in [6.45, 7) is 1.58. The van der Waals surface area contributed by atoms with E-state index in [-0.39, 0.29) is 0 Å². The third kappa shape index (κ3) is 2.42. The summed E-state index contributed by atoms with van der Waals surface area (Å²) in [5.41, 5.74) is 0. The Morgan fingerprint density at radius 1 is 1.46 bits per heavy atom. The zero-order chi connectivity index (χ0) is 9.10. The molecule has 0 aliphatic heterocycles. The molecule has 2 N–H and O–H groups in total. The molecule has 1 heterocycles. The summed E-state index contributed by atoms with van der Waals surface area (Å²) < 4.78 is 5.31. The molecule has 2 rings (SSSR count). The topological polar surface area (TPSA) is 63.0 Å². The number of hydrogen-bond acceptors (Lipinski definition) is 5. The molecular weight excluding hydrogens is 168 g/mol. The Bertz CT molecular complexity index is 269. The Morgan fingerprint density at radius 2 is 2.31 bits per heavy atom. The van der Waals surface area contributed by atoms with Crippen LogP contribution in [-0.2, 0) is 6.54 Å². The predicted octanol–water partition coefficient (Wildman–Crippen LogP) is 0.611. The summed E-state index contributed by atoms with van der Waals surface area (Å²) in [6.07, 6.45) is 2.65. The van der Waals surface area contributed by atoms with Crippen LogP contribution in [0.25, 0.3) is 0 Å². The van der Waals surface area contributed by atoms with E-state index in [9.17, 15) is 0 Å². The Labute approximate surface area is 76.9 Å². The minimum Gasteiger partial charge on any atom is -0.407 e. The van der Waals surface area contributed by atoms with Gasteiger partial charge in [-0.2, -0.15) is 0 Å². The second-order valence-electron chi connectivity index (χ2n) is 3.36. The van der Waals surface area contributed by atoms with Gasteiger partial charge in [-0.3, -0.25) is 0 Å². The first-order valence-electron chi connectivity index (χ1n) is 4.59. The Hall–Kier alpha value is -1.10. The minimum absolute atomic E-state index is 0.539. The van der Waals surface area contributed by atoms with Gasteiger partial charge in [-0.1, -0.05) is 5.10 Å². The van der Waals surface area contributed by atoms with E-state index in [0.29, 0.717) is 18.5 Å². The third-order valence-electron chi connectivity index (χ3n) is 2.03. The lowest BCUT2D eigenvalue weighted by Gasteiger charge is -1.96. The number of rotatable bonds is 5. The second kappa shape index (κ2) is 3.74. The summed E-state index contributed by atoms with van der Waals surface area (Å²) in [5, 5.41) is 13.8. The molecule has 0 bridgehead atoms. The van der Waals surface area contributed by atoms with Crippen molar-refractivity contribution in [2.75, 3.05) is 18.9 Å². The van der Waals surface area contributed by atoms with Gasteiger partial charge in [0.1, 0.15) is 0 Å². The molecule has 1 aliphatic carbocycles. The predicted molar refractivity (Wildman–Crippen MR) is 48.3 cm³/mol. The first-order chi connectivity index (χ1) is 6.38. The van der Waals surface area contributed by atoms with Crippen molar-refractivity contribution in [3.63, 3.8) is 0 Å². The monoisotopic (exact) mass is 182 g/mol. The largest absolute Gasteiger partial charge is 0.407 e. The number of hydrogen-bond donors (Lipinski definition) is 2. The van der Waals surface area contributed by atoms with Crippen LogP contribution in [0.5, 0.6) is 0 Å². The fraction of sp³-hybridized carbons (Fsp3) is 0.750. The molecule has 0 radical (unpaired) electrons. The lowest BCUT2D eigenvalue weighted by atomic mass is 10.4. The van der Waals surface area contributed by atoms with E-state index in [1.807, 2.05) is 7.05 Å². The molecule has 5 heteroatoms. The normalized spacial score (nSPS) is 16.1. The van der Waals surface area contributed by atoms with Crippen molar-refractivity contribution in [2.24, 2.45) is 5.92 Å². The fourth-order valence-corrected chi connectivity index (χ4v) is 1.10. The number of anilines is 1. The molecule has 5 nitrogen and oxygen atoms in total. The van der Waals surface area contributed by atoms with E-state index in [4.69, 9.17) is 4.42 Å². The maximum Gasteiger partial charge on any atom is 0.315 e. The van der Waals surface area contributed by atoms with E-state index in [0.717, 1.165) is 12.5 Å². The van der Waals surface area contributed by atoms with Crippen molar-refractivity contribution in [1.82, 2.24) is 15.5 Å². The van der Waals surface area contributed by atoms with Crippen molar-refractivity contribution in [3.05, 3.63) is 5.89 Å². The van der Waals surface area contributed by atoms with E-state index in [1.165, 1.54) is 12.8 Å². The molecule has 1 aromatic rings. The maximum atomic E-state index is 5.31. The van der Waals surface area contributed by atoms with Gasteiger partial charge < -0.3 is 15.1 Å². The summed E-state index contributed by atoms with van der Waals surface area (Å²) in [5.74, 6) is 1.44. The van der Waals surface area contributed by atoms with E-state index >= 15 is 0 Å². The Balaban J connectivity index is 1.81. The van der Waals surface area contributed by atoms with Crippen LogP contribution in [0.2, 0.25) is 0 Å². The van der Waals surface area contributed by atoms with Crippen LogP contribution in [0.1, 0.15) is 18.7 Å². The number of aromatic nitrogens is 2. The first kappa shape index (κ1) is 8.50. The molecule has 0 amide bonds. The molecule has 1 fully saturated rings. The lowest BCUT2D eigenvalue weighted by molar-refractivity contribution is 0.488. The fourth-order valence-electron chi connectivity index (χ4n) is 1.10. The van der Waals surface area contributed by atoms with Crippen molar-refractivity contribution in [1.29, 1.82) is 0 Å². The van der Waals surface area contributed by atoms with Gasteiger partial charge in [0.05, 0.1) is 6.54 Å². The van der Waals surface area contributed by atoms with Crippen LogP contribution in [-0.4, -0.2) is 23.8 Å². The van der Waals surface area contributed by atoms with E-state index in [1.54, 1.807) is 0 Å². The highest BCUT2D eigenvalue weighted by molar-refractivity contribution is 5.17. The highest BCUT2D eigenvalue weighted by atomic mass is 16.4. The standard InChI is InChI=1S/C8H14N4O/c1-9-5-7-11-12-8(13-7)10-4-6-2-3-6/h6,9H,2-5H2,1H3,(H,10,12). The zero-order valence-electron chi connectivity index (χ0n) is 7.71. The maximum absolute atomic E-state index is 5.31. The van der Waals surface area contributed by atoms with Gasteiger partial charge in [-0.15, -0.1) is 5.10 Å². The smallest absolute Gasteiger partial charge is 0.315 e. The quantitative estimate of drug-likeness (QED) is 0.698. The van der Waals surface area contributed by atoms with Gasteiger partial charge in [-0.05, 0) is 25.8 Å². The van der Waals surface area contributed by atoms with Gasteiger partial charge in [0.25, 0.3) is 0 Å². The van der Waals surface area contributed by atoms with E-state index < -0.39 is 0 Å². The summed E-state index contributed by atoms with van der Waals surface area (Å²) in [4.78, 5) is 0. The van der Waals surface area contributed by atoms with Crippen molar-refractivity contribution >= 4 is 6.01 Å². The Kier molecular flexibility index (Phi) is 2.44. The van der Waals surface area contributed by atoms with Gasteiger partial charge in [-0.25, -0.2) is 0 Å².